The van der Waals surface area contributed by atoms with Gasteiger partial charge in [-0.2, -0.15) is 0 Å². The van der Waals surface area contributed by atoms with Gasteiger partial charge in [-0.1, -0.05) is 12.2 Å². The van der Waals surface area contributed by atoms with Gasteiger partial charge in [0.15, 0.2) is 5.78 Å². The van der Waals surface area contributed by atoms with Gasteiger partial charge in [-0.25, -0.2) is 0 Å². The minimum atomic E-state index is -0.274. The summed E-state index contributed by atoms with van der Waals surface area (Å²) < 4.78 is 1.52. The van der Waals surface area contributed by atoms with E-state index in [1.165, 1.54) is 11.5 Å². The fourth-order valence-electron chi connectivity index (χ4n) is 1.44. The van der Waals surface area contributed by atoms with E-state index >= 15 is 0 Å². The average Bonchev–Trinajstić information content (AvgIpc) is 2.16. The molecule has 0 fully saturated rings. The summed E-state index contributed by atoms with van der Waals surface area (Å²) in [5.41, 5.74) is 6.11. The number of rotatable bonds is 4. The van der Waals surface area contributed by atoms with Crippen LogP contribution < -0.4 is 11.3 Å². The summed E-state index contributed by atoms with van der Waals surface area (Å²) in [6.45, 7) is 3.61. The molecule has 0 radical (unpaired) electrons. The van der Waals surface area contributed by atoms with Crippen molar-refractivity contribution < 1.29 is 4.79 Å². The van der Waals surface area contributed by atoms with Crippen molar-refractivity contribution in [2.75, 3.05) is 0 Å². The molecular weight excluding hydrogens is 224 g/mol. The van der Waals surface area contributed by atoms with Crippen LogP contribution in [0.5, 0.6) is 0 Å². The second kappa shape index (κ2) is 5.03. The highest BCUT2D eigenvalue weighted by atomic mass is 32.1. The molecule has 0 spiro atoms. The third kappa shape index (κ3) is 2.76. The van der Waals surface area contributed by atoms with E-state index in [1.54, 1.807) is 12.1 Å². The molecule has 1 heterocycles. The molecule has 1 aromatic heterocycles. The average molecular weight is 238 g/mol. The first-order chi connectivity index (χ1) is 7.43. The normalized spacial score (nSPS) is 10.1. The van der Waals surface area contributed by atoms with Crippen LogP contribution in [-0.2, 0) is 6.54 Å². The Morgan fingerprint density at radius 3 is 2.62 bits per heavy atom. The Bertz CT molecular complexity index is 491. The highest BCUT2D eigenvalue weighted by Gasteiger charge is 2.09. The lowest BCUT2D eigenvalue weighted by Gasteiger charge is -2.10. The monoisotopic (exact) mass is 238 g/mol. The van der Waals surface area contributed by atoms with E-state index in [0.717, 1.165) is 5.69 Å². The smallest absolute Gasteiger partial charge is 0.261 e. The maximum atomic E-state index is 11.9. The number of hydrogen-bond acceptors (Lipinski definition) is 3. The van der Waals surface area contributed by atoms with Crippen LogP contribution in [0.25, 0.3) is 0 Å². The summed E-state index contributed by atoms with van der Waals surface area (Å²) in [7, 11) is 0. The summed E-state index contributed by atoms with van der Waals surface area (Å²) >= 11 is 4.76. The number of Topliss-reactive ketones (excluding diaryl/α,β-unsaturated/α-hetero) is 1. The molecule has 0 aliphatic rings. The van der Waals surface area contributed by atoms with Crippen molar-refractivity contribution in [2.45, 2.75) is 26.8 Å². The standard InChI is InChI=1S/C11H14N2O2S/c1-7-3-4-9(8(2)14)11(15)13(7)6-5-10(12)16/h3-4H,5-6H2,1-2H3,(H2,12,16). The van der Waals surface area contributed by atoms with Crippen molar-refractivity contribution in [3.05, 3.63) is 33.7 Å². The number of nitrogens with zero attached hydrogens (tertiary/aromatic N) is 1. The number of aryl methyl sites for hydroxylation is 1. The largest absolute Gasteiger partial charge is 0.393 e. The molecule has 0 saturated heterocycles. The van der Waals surface area contributed by atoms with Crippen LogP contribution in [0.2, 0.25) is 0 Å². The molecule has 5 heteroatoms. The molecule has 0 amide bonds. The molecule has 86 valence electrons. The molecule has 0 atom stereocenters. The van der Waals surface area contributed by atoms with Crippen molar-refractivity contribution >= 4 is 23.0 Å². The summed E-state index contributed by atoms with van der Waals surface area (Å²) in [5, 5.41) is 0. The summed E-state index contributed by atoms with van der Waals surface area (Å²) in [4.78, 5) is 23.5. The number of pyridine rings is 1. The minimum absolute atomic E-state index is 0.202. The van der Waals surface area contributed by atoms with Crippen molar-refractivity contribution in [3.63, 3.8) is 0 Å². The molecular formula is C11H14N2O2S. The molecule has 0 aromatic carbocycles. The predicted molar refractivity (Wildman–Crippen MR) is 66.8 cm³/mol. The van der Waals surface area contributed by atoms with Gasteiger partial charge in [0.05, 0.1) is 10.6 Å². The number of ketones is 1. The van der Waals surface area contributed by atoms with E-state index in [-0.39, 0.29) is 16.9 Å². The number of thiocarbonyl (C=S) groups is 1. The highest BCUT2D eigenvalue weighted by molar-refractivity contribution is 7.80. The predicted octanol–water partition coefficient (Wildman–Crippen LogP) is 1.04. The van der Waals surface area contributed by atoms with Gasteiger partial charge in [0.25, 0.3) is 5.56 Å². The van der Waals surface area contributed by atoms with Crippen LogP contribution in [-0.4, -0.2) is 15.3 Å². The van der Waals surface area contributed by atoms with E-state index in [0.29, 0.717) is 18.0 Å². The third-order valence-electron chi connectivity index (χ3n) is 2.35. The van der Waals surface area contributed by atoms with Crippen molar-refractivity contribution in [2.24, 2.45) is 5.73 Å². The lowest BCUT2D eigenvalue weighted by atomic mass is 10.2. The third-order valence-corrected chi connectivity index (χ3v) is 2.56. The molecule has 0 saturated carbocycles. The van der Waals surface area contributed by atoms with Gasteiger partial charge in [0, 0.05) is 18.7 Å². The minimum Gasteiger partial charge on any atom is -0.393 e. The summed E-state index contributed by atoms with van der Waals surface area (Å²) in [6, 6.07) is 3.30. The molecule has 2 N–H and O–H groups in total. The highest BCUT2D eigenvalue weighted by Crippen LogP contribution is 2.00. The number of nitrogens with two attached hydrogens (primary N) is 1. The Kier molecular flexibility index (Phi) is 3.95. The van der Waals surface area contributed by atoms with Crippen LogP contribution in [0.4, 0.5) is 0 Å². The topological polar surface area (TPSA) is 65.1 Å². The van der Waals surface area contributed by atoms with Gasteiger partial charge in [-0.05, 0) is 26.0 Å². The maximum Gasteiger partial charge on any atom is 0.261 e. The van der Waals surface area contributed by atoms with Gasteiger partial charge in [0.1, 0.15) is 0 Å². The lowest BCUT2D eigenvalue weighted by molar-refractivity contribution is 0.101. The molecule has 16 heavy (non-hydrogen) atoms. The van der Waals surface area contributed by atoms with Gasteiger partial charge < -0.3 is 10.3 Å². The molecule has 0 aliphatic heterocycles. The van der Waals surface area contributed by atoms with Crippen molar-refractivity contribution in [1.29, 1.82) is 0 Å². The van der Waals surface area contributed by atoms with Crippen LogP contribution in [0, 0.1) is 6.92 Å². The Morgan fingerprint density at radius 1 is 1.50 bits per heavy atom. The van der Waals surface area contributed by atoms with Gasteiger partial charge >= 0.3 is 0 Å². The van der Waals surface area contributed by atoms with Crippen LogP contribution in [0.15, 0.2) is 16.9 Å². The van der Waals surface area contributed by atoms with Crippen LogP contribution >= 0.6 is 12.2 Å². The number of carbonyl (C=O) groups excluding carboxylic acids is 1. The number of hydrogen-bond donors (Lipinski definition) is 1. The van der Waals surface area contributed by atoms with E-state index in [9.17, 15) is 9.59 Å². The first kappa shape index (κ1) is 12.6. The van der Waals surface area contributed by atoms with E-state index < -0.39 is 0 Å². The molecule has 1 rings (SSSR count). The van der Waals surface area contributed by atoms with Gasteiger partial charge in [-0.15, -0.1) is 0 Å². The maximum absolute atomic E-state index is 11.9. The first-order valence-corrected chi connectivity index (χ1v) is 5.34. The molecule has 4 nitrogen and oxygen atoms in total. The quantitative estimate of drug-likeness (QED) is 0.628. The SMILES string of the molecule is CC(=O)c1ccc(C)n(CCC(N)=S)c1=O. The first-order valence-electron chi connectivity index (χ1n) is 4.93. The molecule has 0 aliphatic carbocycles. The van der Waals surface area contributed by atoms with Crippen LogP contribution in [0.1, 0.15) is 29.4 Å². The van der Waals surface area contributed by atoms with Crippen LogP contribution in [0.3, 0.4) is 0 Å². The Hall–Kier alpha value is -1.49. The fraction of sp³-hybridized carbons (Fsp3) is 0.364. The summed E-state index contributed by atoms with van der Waals surface area (Å²) in [5.74, 6) is -0.228. The second-order valence-corrected chi connectivity index (χ2v) is 4.14. The van der Waals surface area contributed by atoms with Gasteiger partial charge in [-0.3, -0.25) is 9.59 Å². The zero-order valence-electron chi connectivity index (χ0n) is 9.32. The zero-order valence-corrected chi connectivity index (χ0v) is 10.1. The molecule has 0 unspecified atom stereocenters. The summed E-state index contributed by atoms with van der Waals surface area (Å²) in [6.07, 6.45) is 0.456. The fourth-order valence-corrected chi connectivity index (χ4v) is 1.53. The van der Waals surface area contributed by atoms with E-state index in [1.807, 2.05) is 6.92 Å². The van der Waals surface area contributed by atoms with E-state index in [2.05, 4.69) is 0 Å². The van der Waals surface area contributed by atoms with Gasteiger partial charge in [0.2, 0.25) is 0 Å². The number of carbonyl (C=O) groups is 1. The Labute approximate surface area is 99.1 Å². The number of aromatic nitrogens is 1. The van der Waals surface area contributed by atoms with E-state index in [4.69, 9.17) is 18.0 Å². The Morgan fingerprint density at radius 2 is 2.12 bits per heavy atom. The second-order valence-electron chi connectivity index (χ2n) is 3.62. The zero-order chi connectivity index (χ0) is 12.3. The lowest BCUT2D eigenvalue weighted by Crippen LogP contribution is -2.28. The molecule has 0 bridgehead atoms. The van der Waals surface area contributed by atoms with Crippen molar-refractivity contribution in [1.82, 2.24) is 4.57 Å². The Balaban J connectivity index is 3.16. The van der Waals surface area contributed by atoms with Crippen molar-refractivity contribution in [3.8, 4) is 0 Å². The molecule has 1 aromatic rings.